The average molecular weight is 272 g/mol. The highest BCUT2D eigenvalue weighted by atomic mass is 35.5. The van der Waals surface area contributed by atoms with E-state index in [-0.39, 0.29) is 11.6 Å². The molecule has 0 aliphatic carbocycles. The Morgan fingerprint density at radius 1 is 1.18 bits per heavy atom. The molecule has 0 radical (unpaired) electrons. The number of hydrogen-bond donors (Lipinski definition) is 2. The highest BCUT2D eigenvalue weighted by Gasteiger charge is 2.11. The molecule has 1 aromatic heterocycles. The smallest absolute Gasteiger partial charge is 0.371 e. The van der Waals surface area contributed by atoms with Crippen molar-refractivity contribution < 1.29 is 14.3 Å². The van der Waals surface area contributed by atoms with Crippen LogP contribution < -0.4 is 5.32 Å². The fraction of sp³-hybridized carbons (Fsp3) is 0. The lowest BCUT2D eigenvalue weighted by atomic mass is 10.3. The molecule has 0 unspecified atom stereocenters. The lowest BCUT2D eigenvalue weighted by Gasteiger charge is -2.07. The summed E-state index contributed by atoms with van der Waals surface area (Å²) < 4.78 is 5.03. The fourth-order valence-electron chi connectivity index (χ4n) is 1.26. The maximum atomic E-state index is 10.6. The summed E-state index contributed by atoms with van der Waals surface area (Å²) in [6.07, 6.45) is 0. The number of carbonyl (C=O) groups is 1. The molecule has 1 aromatic carbocycles. The Bertz CT molecular complexity index is 545. The summed E-state index contributed by atoms with van der Waals surface area (Å²) in [4.78, 5) is 10.6. The van der Waals surface area contributed by atoms with Crippen LogP contribution in [0.3, 0.4) is 0 Å². The third-order valence-corrected chi connectivity index (χ3v) is 2.66. The highest BCUT2D eigenvalue weighted by Crippen LogP contribution is 2.32. The van der Waals surface area contributed by atoms with Gasteiger partial charge in [-0.2, -0.15) is 0 Å². The number of furan rings is 1. The van der Waals surface area contributed by atoms with Gasteiger partial charge in [0.1, 0.15) is 0 Å². The molecule has 2 N–H and O–H groups in total. The zero-order valence-corrected chi connectivity index (χ0v) is 9.92. The number of rotatable bonds is 3. The number of nitrogens with one attached hydrogen (secondary N) is 1. The quantitative estimate of drug-likeness (QED) is 0.885. The summed E-state index contributed by atoms with van der Waals surface area (Å²) in [5.41, 5.74) is 0.474. The first kappa shape index (κ1) is 11.8. The minimum absolute atomic E-state index is 0.157. The van der Waals surface area contributed by atoms with Gasteiger partial charge in [0.15, 0.2) is 5.88 Å². The molecule has 88 valence electrons. The molecule has 0 atom stereocenters. The minimum Gasteiger partial charge on any atom is -0.475 e. The van der Waals surface area contributed by atoms with Crippen LogP contribution in [0.4, 0.5) is 11.6 Å². The lowest BCUT2D eigenvalue weighted by molar-refractivity contribution is 0.0663. The molecule has 2 rings (SSSR count). The fourth-order valence-corrected chi connectivity index (χ4v) is 1.75. The molecule has 2 aromatic rings. The molecule has 0 saturated carbocycles. The largest absolute Gasteiger partial charge is 0.475 e. The van der Waals surface area contributed by atoms with Crippen LogP contribution in [0.5, 0.6) is 0 Å². The Hall–Kier alpha value is -1.65. The second-order valence-corrected chi connectivity index (χ2v) is 4.01. The number of benzene rings is 1. The second kappa shape index (κ2) is 4.69. The van der Waals surface area contributed by atoms with Crippen molar-refractivity contribution in [3.63, 3.8) is 0 Å². The molecule has 0 aliphatic rings. The van der Waals surface area contributed by atoms with E-state index in [0.717, 1.165) is 0 Å². The van der Waals surface area contributed by atoms with Gasteiger partial charge in [-0.3, -0.25) is 0 Å². The molecule has 1 heterocycles. The number of hydrogen-bond acceptors (Lipinski definition) is 3. The van der Waals surface area contributed by atoms with E-state index in [4.69, 9.17) is 32.7 Å². The predicted octanol–water partition coefficient (Wildman–Crippen LogP) is 4.03. The van der Waals surface area contributed by atoms with Crippen molar-refractivity contribution in [1.29, 1.82) is 0 Å². The molecule has 17 heavy (non-hydrogen) atoms. The molecular weight excluding hydrogens is 265 g/mol. The van der Waals surface area contributed by atoms with E-state index >= 15 is 0 Å². The van der Waals surface area contributed by atoms with Crippen LogP contribution in [0.1, 0.15) is 10.6 Å². The van der Waals surface area contributed by atoms with Gasteiger partial charge in [-0.1, -0.05) is 29.3 Å². The van der Waals surface area contributed by atoms with E-state index < -0.39 is 5.97 Å². The van der Waals surface area contributed by atoms with E-state index in [9.17, 15) is 4.79 Å². The summed E-state index contributed by atoms with van der Waals surface area (Å²) >= 11 is 11.9. The van der Waals surface area contributed by atoms with Crippen molar-refractivity contribution in [3.8, 4) is 0 Å². The van der Waals surface area contributed by atoms with Crippen LogP contribution in [0.25, 0.3) is 0 Å². The molecule has 0 aliphatic heterocycles. The number of halogens is 2. The SMILES string of the molecule is O=C(O)c1ccc(Nc2c(Cl)cccc2Cl)o1. The van der Waals surface area contributed by atoms with E-state index in [1.165, 1.54) is 12.1 Å². The first-order chi connectivity index (χ1) is 8.08. The molecule has 0 spiro atoms. The standard InChI is InChI=1S/C11H7Cl2NO3/c12-6-2-1-3-7(13)10(6)14-9-5-4-8(17-9)11(15)16/h1-5,14H,(H,15,16). The van der Waals surface area contributed by atoms with Gasteiger partial charge in [-0.05, 0) is 18.2 Å². The monoisotopic (exact) mass is 271 g/mol. The van der Waals surface area contributed by atoms with Gasteiger partial charge in [0.05, 0.1) is 15.7 Å². The topological polar surface area (TPSA) is 62.5 Å². The summed E-state index contributed by atoms with van der Waals surface area (Å²) in [7, 11) is 0. The Balaban J connectivity index is 2.28. The number of carboxylic acid groups (broad SMARTS) is 1. The Morgan fingerprint density at radius 3 is 2.35 bits per heavy atom. The van der Waals surface area contributed by atoms with E-state index in [1.54, 1.807) is 18.2 Å². The summed E-state index contributed by atoms with van der Waals surface area (Å²) in [5.74, 6) is -1.03. The normalized spacial score (nSPS) is 10.2. The number of carboxylic acids is 1. The molecule has 0 bridgehead atoms. The first-order valence-corrected chi connectivity index (χ1v) is 5.37. The van der Waals surface area contributed by atoms with Crippen LogP contribution in [0, 0.1) is 0 Å². The molecule has 6 heteroatoms. The second-order valence-electron chi connectivity index (χ2n) is 3.19. The predicted molar refractivity (Wildman–Crippen MR) is 65.4 cm³/mol. The van der Waals surface area contributed by atoms with E-state index in [0.29, 0.717) is 15.7 Å². The maximum Gasteiger partial charge on any atom is 0.371 e. The Kier molecular flexibility index (Phi) is 3.26. The Labute approximate surface area is 107 Å². The van der Waals surface area contributed by atoms with Crippen LogP contribution in [-0.4, -0.2) is 11.1 Å². The van der Waals surface area contributed by atoms with Crippen molar-refractivity contribution in [3.05, 3.63) is 46.1 Å². The minimum atomic E-state index is -1.14. The maximum absolute atomic E-state index is 10.6. The van der Waals surface area contributed by atoms with Gasteiger partial charge in [0.25, 0.3) is 0 Å². The van der Waals surface area contributed by atoms with Crippen LogP contribution >= 0.6 is 23.2 Å². The van der Waals surface area contributed by atoms with Gasteiger partial charge >= 0.3 is 5.97 Å². The third-order valence-electron chi connectivity index (χ3n) is 2.03. The number of anilines is 2. The van der Waals surface area contributed by atoms with Crippen LogP contribution in [-0.2, 0) is 0 Å². The summed E-state index contributed by atoms with van der Waals surface area (Å²) in [6.45, 7) is 0. The van der Waals surface area contributed by atoms with Crippen molar-refractivity contribution in [1.82, 2.24) is 0 Å². The molecule has 4 nitrogen and oxygen atoms in total. The van der Waals surface area contributed by atoms with Crippen molar-refractivity contribution in [2.45, 2.75) is 0 Å². The van der Waals surface area contributed by atoms with Gasteiger partial charge in [0, 0.05) is 6.07 Å². The van der Waals surface area contributed by atoms with Gasteiger partial charge in [0.2, 0.25) is 5.76 Å². The molecule has 0 amide bonds. The number of aromatic carboxylic acids is 1. The molecular formula is C11H7Cl2NO3. The van der Waals surface area contributed by atoms with Crippen LogP contribution in [0.15, 0.2) is 34.7 Å². The number of para-hydroxylation sites is 1. The third kappa shape index (κ3) is 2.54. The first-order valence-electron chi connectivity index (χ1n) is 4.62. The highest BCUT2D eigenvalue weighted by molar-refractivity contribution is 6.39. The summed E-state index contributed by atoms with van der Waals surface area (Å²) in [5, 5.41) is 12.4. The van der Waals surface area contributed by atoms with Gasteiger partial charge < -0.3 is 14.8 Å². The Morgan fingerprint density at radius 2 is 1.82 bits per heavy atom. The van der Waals surface area contributed by atoms with Crippen molar-refractivity contribution in [2.75, 3.05) is 5.32 Å². The summed E-state index contributed by atoms with van der Waals surface area (Å²) in [6, 6.07) is 7.87. The van der Waals surface area contributed by atoms with E-state index in [1.807, 2.05) is 0 Å². The van der Waals surface area contributed by atoms with Gasteiger partial charge in [-0.15, -0.1) is 0 Å². The molecule has 0 fully saturated rings. The van der Waals surface area contributed by atoms with Gasteiger partial charge in [-0.25, -0.2) is 4.79 Å². The van der Waals surface area contributed by atoms with Crippen molar-refractivity contribution in [2.24, 2.45) is 0 Å². The van der Waals surface area contributed by atoms with Crippen molar-refractivity contribution >= 4 is 40.7 Å². The van der Waals surface area contributed by atoms with E-state index in [2.05, 4.69) is 5.32 Å². The zero-order chi connectivity index (χ0) is 12.4. The zero-order valence-electron chi connectivity index (χ0n) is 8.41. The average Bonchev–Trinajstić information content (AvgIpc) is 2.72. The lowest BCUT2D eigenvalue weighted by Crippen LogP contribution is -1.93. The van der Waals surface area contributed by atoms with Crippen LogP contribution in [0.2, 0.25) is 10.0 Å². The molecule has 0 saturated heterocycles.